The predicted octanol–water partition coefficient (Wildman–Crippen LogP) is 3.14. The quantitative estimate of drug-likeness (QED) is 0.601. The lowest BCUT2D eigenvalue weighted by molar-refractivity contribution is -0.192. The van der Waals surface area contributed by atoms with Crippen molar-refractivity contribution in [2.24, 2.45) is 7.05 Å². The molecule has 13 heteroatoms. The first-order chi connectivity index (χ1) is 14.4. The number of nitrogens with one attached hydrogen (secondary N) is 1. The SMILES string of the molecule is Cc1nccn1CC(=O)Nc1cnn(C)c1-c1ccc(F)cc1F.O=C(O)C(F)(F)F. The van der Waals surface area contributed by atoms with E-state index in [4.69, 9.17) is 9.90 Å². The molecule has 2 heterocycles. The van der Waals surface area contributed by atoms with Crippen LogP contribution >= 0.6 is 0 Å². The molecule has 0 atom stereocenters. The highest BCUT2D eigenvalue weighted by Gasteiger charge is 2.38. The van der Waals surface area contributed by atoms with E-state index in [0.717, 1.165) is 12.1 Å². The molecule has 0 saturated heterocycles. The van der Waals surface area contributed by atoms with Crippen molar-refractivity contribution in [3.63, 3.8) is 0 Å². The summed E-state index contributed by atoms with van der Waals surface area (Å²) in [7, 11) is 1.62. The average molecular weight is 445 g/mol. The van der Waals surface area contributed by atoms with Gasteiger partial charge in [0.15, 0.2) is 0 Å². The summed E-state index contributed by atoms with van der Waals surface area (Å²) in [5, 5.41) is 13.9. The first-order valence-corrected chi connectivity index (χ1v) is 8.45. The number of aromatic nitrogens is 4. The molecule has 8 nitrogen and oxygen atoms in total. The van der Waals surface area contributed by atoms with E-state index in [1.54, 1.807) is 30.9 Å². The molecule has 1 aromatic carbocycles. The lowest BCUT2D eigenvalue weighted by Crippen LogP contribution is -2.21. The Morgan fingerprint density at radius 1 is 1.23 bits per heavy atom. The summed E-state index contributed by atoms with van der Waals surface area (Å²) >= 11 is 0. The molecule has 0 saturated carbocycles. The van der Waals surface area contributed by atoms with E-state index in [2.05, 4.69) is 15.4 Å². The predicted molar refractivity (Wildman–Crippen MR) is 97.8 cm³/mol. The summed E-state index contributed by atoms with van der Waals surface area (Å²) in [5.41, 5.74) is 0.875. The van der Waals surface area contributed by atoms with Crippen molar-refractivity contribution in [2.45, 2.75) is 19.6 Å². The summed E-state index contributed by atoms with van der Waals surface area (Å²) < 4.78 is 62.0. The molecule has 0 fully saturated rings. The molecule has 1 amide bonds. The fourth-order valence-corrected chi connectivity index (χ4v) is 2.45. The summed E-state index contributed by atoms with van der Waals surface area (Å²) in [6.07, 6.45) is -0.360. The topological polar surface area (TPSA) is 102 Å². The van der Waals surface area contributed by atoms with E-state index in [1.165, 1.54) is 16.9 Å². The van der Waals surface area contributed by atoms with Gasteiger partial charge in [-0.1, -0.05) is 0 Å². The van der Waals surface area contributed by atoms with Gasteiger partial charge >= 0.3 is 12.1 Å². The van der Waals surface area contributed by atoms with E-state index in [1.807, 2.05) is 0 Å². The molecule has 0 radical (unpaired) electrons. The second-order valence-corrected chi connectivity index (χ2v) is 6.11. The number of aryl methyl sites for hydroxylation is 2. The van der Waals surface area contributed by atoms with Crippen LogP contribution in [0.4, 0.5) is 27.6 Å². The van der Waals surface area contributed by atoms with Crippen LogP contribution in [0.3, 0.4) is 0 Å². The highest BCUT2D eigenvalue weighted by molar-refractivity contribution is 5.94. The van der Waals surface area contributed by atoms with Crippen molar-refractivity contribution in [3.05, 3.63) is 54.2 Å². The third kappa shape index (κ3) is 6.10. The highest BCUT2D eigenvalue weighted by Crippen LogP contribution is 2.30. The maximum Gasteiger partial charge on any atom is 0.490 e. The smallest absolute Gasteiger partial charge is 0.475 e. The number of imidazole rings is 1. The standard InChI is InChI=1S/C16H15F2N5O.C2HF3O2/c1-10-19-5-6-23(10)9-15(24)21-14-8-20-22(2)16(14)12-4-3-11(17)7-13(12)18;3-2(4,5)1(6)7/h3-8H,9H2,1-2H3,(H,21,24);(H,6,7). The minimum Gasteiger partial charge on any atom is -0.475 e. The minimum atomic E-state index is -5.08. The number of nitrogens with zero attached hydrogens (tertiary/aromatic N) is 4. The molecule has 0 aliphatic heterocycles. The molecular weight excluding hydrogens is 429 g/mol. The Bertz CT molecular complexity index is 1090. The Morgan fingerprint density at radius 3 is 2.39 bits per heavy atom. The molecule has 31 heavy (non-hydrogen) atoms. The van der Waals surface area contributed by atoms with Crippen LogP contribution in [-0.4, -0.2) is 42.5 Å². The van der Waals surface area contributed by atoms with E-state index >= 15 is 0 Å². The van der Waals surface area contributed by atoms with Gasteiger partial charge in [-0.2, -0.15) is 18.3 Å². The zero-order valence-electron chi connectivity index (χ0n) is 16.1. The van der Waals surface area contributed by atoms with Gasteiger partial charge in [-0.15, -0.1) is 0 Å². The number of benzene rings is 1. The molecule has 0 bridgehead atoms. The Balaban J connectivity index is 0.000000423. The summed E-state index contributed by atoms with van der Waals surface area (Å²) in [4.78, 5) is 25.2. The second kappa shape index (κ2) is 9.36. The zero-order chi connectivity index (χ0) is 23.3. The van der Waals surface area contributed by atoms with E-state index < -0.39 is 23.8 Å². The van der Waals surface area contributed by atoms with Gasteiger partial charge in [-0.05, 0) is 19.1 Å². The van der Waals surface area contributed by atoms with Gasteiger partial charge in [0.1, 0.15) is 24.0 Å². The number of hydrogen-bond acceptors (Lipinski definition) is 4. The summed E-state index contributed by atoms with van der Waals surface area (Å²) in [5.74, 6) is -3.74. The molecule has 2 aromatic heterocycles. The van der Waals surface area contributed by atoms with Gasteiger partial charge in [0.25, 0.3) is 0 Å². The van der Waals surface area contributed by atoms with Crippen LogP contribution in [0, 0.1) is 18.6 Å². The summed E-state index contributed by atoms with van der Waals surface area (Å²) in [6, 6.07) is 3.27. The molecule has 0 aliphatic carbocycles. The molecular formula is C18H16F5N5O3. The lowest BCUT2D eigenvalue weighted by atomic mass is 10.1. The van der Waals surface area contributed by atoms with Crippen molar-refractivity contribution in [2.75, 3.05) is 5.32 Å². The molecule has 3 aromatic rings. The van der Waals surface area contributed by atoms with Crippen LogP contribution in [0.1, 0.15) is 5.82 Å². The fraction of sp³-hybridized carbons (Fsp3) is 0.222. The first kappa shape index (κ1) is 23.5. The zero-order valence-corrected chi connectivity index (χ0v) is 16.1. The molecule has 2 N–H and O–H groups in total. The number of carbonyl (C=O) groups is 2. The van der Waals surface area contributed by atoms with Crippen molar-refractivity contribution < 1.29 is 36.6 Å². The number of rotatable bonds is 4. The second-order valence-electron chi connectivity index (χ2n) is 6.11. The Labute approximate surface area is 171 Å². The van der Waals surface area contributed by atoms with Crippen LogP contribution in [0.5, 0.6) is 0 Å². The van der Waals surface area contributed by atoms with Gasteiger partial charge in [0.2, 0.25) is 5.91 Å². The number of anilines is 1. The Morgan fingerprint density at radius 2 is 1.87 bits per heavy atom. The molecule has 3 rings (SSSR count). The maximum absolute atomic E-state index is 14.1. The van der Waals surface area contributed by atoms with Crippen molar-refractivity contribution >= 4 is 17.6 Å². The van der Waals surface area contributed by atoms with Gasteiger partial charge < -0.3 is 15.0 Å². The number of aliphatic carboxylic acids is 1. The number of halogens is 5. The van der Waals surface area contributed by atoms with E-state index in [-0.39, 0.29) is 18.0 Å². The fourth-order valence-electron chi connectivity index (χ4n) is 2.45. The molecule has 0 spiro atoms. The highest BCUT2D eigenvalue weighted by atomic mass is 19.4. The molecule has 166 valence electrons. The van der Waals surface area contributed by atoms with Crippen LogP contribution in [0.15, 0.2) is 36.8 Å². The lowest BCUT2D eigenvalue weighted by Gasteiger charge is -2.10. The Hall–Kier alpha value is -3.77. The van der Waals surface area contributed by atoms with E-state index in [9.17, 15) is 26.7 Å². The van der Waals surface area contributed by atoms with Gasteiger partial charge in [0.05, 0.1) is 17.6 Å². The number of carboxylic acids is 1. The largest absolute Gasteiger partial charge is 0.490 e. The average Bonchev–Trinajstić information content (AvgIpc) is 3.21. The maximum atomic E-state index is 14.1. The van der Waals surface area contributed by atoms with Crippen molar-refractivity contribution in [1.82, 2.24) is 19.3 Å². The molecule has 0 aliphatic rings. The van der Waals surface area contributed by atoms with E-state index in [0.29, 0.717) is 17.2 Å². The third-order valence-corrected chi connectivity index (χ3v) is 3.88. The number of hydrogen-bond donors (Lipinski definition) is 2. The van der Waals surface area contributed by atoms with Gasteiger partial charge in [-0.25, -0.2) is 18.6 Å². The van der Waals surface area contributed by atoms with Gasteiger partial charge in [0, 0.05) is 31.1 Å². The normalized spacial score (nSPS) is 10.9. The van der Waals surface area contributed by atoms with Crippen LogP contribution < -0.4 is 5.32 Å². The minimum absolute atomic E-state index is 0.0755. The number of alkyl halides is 3. The van der Waals surface area contributed by atoms with Crippen LogP contribution in [-0.2, 0) is 23.2 Å². The number of carbonyl (C=O) groups excluding carboxylic acids is 1. The van der Waals surface area contributed by atoms with Crippen molar-refractivity contribution in [3.8, 4) is 11.3 Å². The van der Waals surface area contributed by atoms with Crippen LogP contribution in [0.25, 0.3) is 11.3 Å². The molecule has 0 unspecified atom stereocenters. The van der Waals surface area contributed by atoms with Crippen molar-refractivity contribution in [1.29, 1.82) is 0 Å². The number of amides is 1. The van der Waals surface area contributed by atoms with Crippen LogP contribution in [0.2, 0.25) is 0 Å². The monoisotopic (exact) mass is 445 g/mol. The first-order valence-electron chi connectivity index (χ1n) is 8.45. The summed E-state index contributed by atoms with van der Waals surface area (Å²) in [6.45, 7) is 1.86. The number of carboxylic acid groups (broad SMARTS) is 1. The Kier molecular flexibility index (Phi) is 7.10. The third-order valence-electron chi connectivity index (χ3n) is 3.88. The van der Waals surface area contributed by atoms with Gasteiger partial charge in [-0.3, -0.25) is 9.48 Å².